The molecule has 0 aromatic carbocycles. The molecule has 0 saturated carbocycles. The van der Waals surface area contributed by atoms with E-state index in [0.717, 1.165) is 28.9 Å². The van der Waals surface area contributed by atoms with E-state index in [1.54, 1.807) is 6.20 Å². The monoisotopic (exact) mass is 260 g/mol. The van der Waals surface area contributed by atoms with Crippen LogP contribution in [0.15, 0.2) is 22.9 Å². The Morgan fingerprint density at radius 1 is 1.46 bits per heavy atom. The van der Waals surface area contributed by atoms with Gasteiger partial charge in [-0.15, -0.1) is 0 Å². The molecule has 1 heterocycles. The molecule has 0 aliphatic heterocycles. The van der Waals surface area contributed by atoms with Gasteiger partial charge in [-0.05, 0) is 46.3 Å². The van der Waals surface area contributed by atoms with Crippen molar-refractivity contribution in [2.75, 3.05) is 12.3 Å². The van der Waals surface area contributed by atoms with Gasteiger partial charge in [0.25, 0.3) is 0 Å². The molecule has 0 bridgehead atoms. The van der Waals surface area contributed by atoms with Gasteiger partial charge in [0.15, 0.2) is 0 Å². The highest BCUT2D eigenvalue weighted by Gasteiger charge is 1.94. The van der Waals surface area contributed by atoms with Crippen molar-refractivity contribution < 1.29 is 0 Å². The van der Waals surface area contributed by atoms with Gasteiger partial charge in [-0.25, -0.2) is 0 Å². The normalized spacial score (nSPS) is 10.3. The Hall–Kier alpha value is -0.0600. The van der Waals surface area contributed by atoms with Crippen LogP contribution in [0.1, 0.15) is 12.0 Å². The standard InChI is InChI=1S/C9H13BrN2S/c10-9-4-8(5-12-6-9)7-13-3-1-2-11/h4-6H,1-3,7,11H2. The number of pyridine rings is 1. The zero-order valence-electron chi connectivity index (χ0n) is 7.37. The van der Waals surface area contributed by atoms with Gasteiger partial charge >= 0.3 is 0 Å². The molecule has 0 aliphatic carbocycles. The highest BCUT2D eigenvalue weighted by Crippen LogP contribution is 2.15. The third kappa shape index (κ3) is 4.64. The summed E-state index contributed by atoms with van der Waals surface area (Å²) in [5.41, 5.74) is 6.66. The summed E-state index contributed by atoms with van der Waals surface area (Å²) in [5, 5.41) is 0. The quantitative estimate of drug-likeness (QED) is 0.827. The van der Waals surface area contributed by atoms with Crippen molar-refractivity contribution in [1.82, 2.24) is 4.98 Å². The maximum atomic E-state index is 5.40. The van der Waals surface area contributed by atoms with Crippen LogP contribution in [0.5, 0.6) is 0 Å². The van der Waals surface area contributed by atoms with Crippen LogP contribution in [0.4, 0.5) is 0 Å². The number of nitrogens with zero attached hydrogens (tertiary/aromatic N) is 1. The lowest BCUT2D eigenvalue weighted by molar-refractivity contribution is 0.943. The molecule has 0 fully saturated rings. The average Bonchev–Trinajstić information content (AvgIpc) is 2.13. The smallest absolute Gasteiger partial charge is 0.0410 e. The van der Waals surface area contributed by atoms with Crippen LogP contribution in [0.2, 0.25) is 0 Å². The van der Waals surface area contributed by atoms with Gasteiger partial charge in [-0.1, -0.05) is 0 Å². The summed E-state index contributed by atoms with van der Waals surface area (Å²) in [6.07, 6.45) is 4.79. The Morgan fingerprint density at radius 2 is 2.31 bits per heavy atom. The second kappa shape index (κ2) is 6.40. The van der Waals surface area contributed by atoms with Gasteiger partial charge in [0.05, 0.1) is 0 Å². The predicted molar refractivity (Wildman–Crippen MR) is 61.8 cm³/mol. The summed E-state index contributed by atoms with van der Waals surface area (Å²) in [5.74, 6) is 2.15. The van der Waals surface area contributed by atoms with Gasteiger partial charge in [-0.3, -0.25) is 4.98 Å². The van der Waals surface area contributed by atoms with E-state index >= 15 is 0 Å². The molecule has 0 radical (unpaired) electrons. The Kier molecular flexibility index (Phi) is 5.43. The van der Waals surface area contributed by atoms with Gasteiger partial charge < -0.3 is 5.73 Å². The van der Waals surface area contributed by atoms with Crippen molar-refractivity contribution in [2.45, 2.75) is 12.2 Å². The van der Waals surface area contributed by atoms with E-state index < -0.39 is 0 Å². The van der Waals surface area contributed by atoms with Crippen LogP contribution in [-0.4, -0.2) is 17.3 Å². The SMILES string of the molecule is NCCCSCc1cncc(Br)c1. The Morgan fingerprint density at radius 3 is 3.00 bits per heavy atom. The molecular formula is C9H13BrN2S. The fourth-order valence-electron chi connectivity index (χ4n) is 0.910. The molecule has 0 spiro atoms. The molecule has 1 aromatic heterocycles. The van der Waals surface area contributed by atoms with E-state index in [9.17, 15) is 0 Å². The largest absolute Gasteiger partial charge is 0.330 e. The Balaban J connectivity index is 2.28. The fourth-order valence-corrected chi connectivity index (χ4v) is 2.23. The first kappa shape index (κ1) is 11.0. The maximum Gasteiger partial charge on any atom is 0.0410 e. The predicted octanol–water partition coefficient (Wildman–Crippen LogP) is 2.43. The lowest BCUT2D eigenvalue weighted by atomic mass is 10.3. The van der Waals surface area contributed by atoms with Crippen LogP contribution >= 0.6 is 27.7 Å². The fraction of sp³-hybridized carbons (Fsp3) is 0.444. The number of thioether (sulfide) groups is 1. The molecule has 2 N–H and O–H groups in total. The van der Waals surface area contributed by atoms with E-state index in [-0.39, 0.29) is 0 Å². The minimum absolute atomic E-state index is 0.781. The second-order valence-electron chi connectivity index (χ2n) is 2.71. The number of nitrogens with two attached hydrogens (primary N) is 1. The van der Waals surface area contributed by atoms with Crippen LogP contribution < -0.4 is 5.73 Å². The Labute approximate surface area is 91.4 Å². The first-order valence-corrected chi connectivity index (χ1v) is 6.15. The molecule has 2 nitrogen and oxygen atoms in total. The summed E-state index contributed by atoms with van der Waals surface area (Å²) < 4.78 is 1.05. The van der Waals surface area contributed by atoms with Gasteiger partial charge in [0, 0.05) is 22.6 Å². The molecule has 13 heavy (non-hydrogen) atoms. The van der Waals surface area contributed by atoms with Crippen molar-refractivity contribution in [2.24, 2.45) is 5.73 Å². The van der Waals surface area contributed by atoms with Gasteiger partial charge in [-0.2, -0.15) is 11.8 Å². The minimum Gasteiger partial charge on any atom is -0.330 e. The number of aromatic nitrogens is 1. The molecule has 0 unspecified atom stereocenters. The summed E-state index contributed by atoms with van der Waals surface area (Å²) in [6, 6.07) is 2.10. The van der Waals surface area contributed by atoms with Crippen LogP contribution in [0.25, 0.3) is 0 Å². The lowest BCUT2D eigenvalue weighted by Gasteiger charge is -2.00. The zero-order valence-corrected chi connectivity index (χ0v) is 9.77. The summed E-state index contributed by atoms with van der Waals surface area (Å²) in [7, 11) is 0. The highest BCUT2D eigenvalue weighted by atomic mass is 79.9. The summed E-state index contributed by atoms with van der Waals surface area (Å²) in [4.78, 5) is 4.10. The van der Waals surface area contributed by atoms with Crippen LogP contribution in [0.3, 0.4) is 0 Å². The topological polar surface area (TPSA) is 38.9 Å². The second-order valence-corrected chi connectivity index (χ2v) is 4.73. The molecule has 0 amide bonds. The van der Waals surface area contributed by atoms with Crippen molar-refractivity contribution in [3.8, 4) is 0 Å². The maximum absolute atomic E-state index is 5.40. The molecule has 4 heteroatoms. The van der Waals surface area contributed by atoms with Crippen molar-refractivity contribution in [3.05, 3.63) is 28.5 Å². The third-order valence-corrected chi connectivity index (χ3v) is 3.07. The van der Waals surface area contributed by atoms with Crippen LogP contribution in [0, 0.1) is 0 Å². The van der Waals surface area contributed by atoms with Gasteiger partial charge in [0.2, 0.25) is 0 Å². The Bertz CT molecular complexity index is 255. The molecule has 1 rings (SSSR count). The third-order valence-electron chi connectivity index (χ3n) is 1.52. The highest BCUT2D eigenvalue weighted by molar-refractivity contribution is 9.10. The molecule has 0 atom stereocenters. The van der Waals surface area contributed by atoms with Gasteiger partial charge in [0.1, 0.15) is 0 Å². The number of hydrogen-bond acceptors (Lipinski definition) is 3. The molecule has 1 aromatic rings. The van der Waals surface area contributed by atoms with E-state index in [4.69, 9.17) is 5.73 Å². The number of halogens is 1. The summed E-state index contributed by atoms with van der Waals surface area (Å²) in [6.45, 7) is 0.781. The van der Waals surface area contributed by atoms with E-state index in [0.29, 0.717) is 0 Å². The first-order chi connectivity index (χ1) is 6.33. The molecule has 0 saturated heterocycles. The zero-order chi connectivity index (χ0) is 9.52. The van der Waals surface area contributed by atoms with E-state index in [2.05, 4.69) is 27.0 Å². The first-order valence-electron chi connectivity index (χ1n) is 4.20. The molecule has 0 aliphatic rings. The van der Waals surface area contributed by atoms with Crippen molar-refractivity contribution in [3.63, 3.8) is 0 Å². The lowest BCUT2D eigenvalue weighted by Crippen LogP contribution is -1.99. The number of hydrogen-bond donors (Lipinski definition) is 1. The summed E-state index contributed by atoms with van der Waals surface area (Å²) >= 11 is 5.29. The molecule has 72 valence electrons. The van der Waals surface area contributed by atoms with Crippen LogP contribution in [-0.2, 0) is 5.75 Å². The van der Waals surface area contributed by atoms with Crippen molar-refractivity contribution in [1.29, 1.82) is 0 Å². The average molecular weight is 261 g/mol. The molecular weight excluding hydrogens is 248 g/mol. The van der Waals surface area contributed by atoms with Crippen molar-refractivity contribution >= 4 is 27.7 Å². The van der Waals surface area contributed by atoms with E-state index in [1.807, 2.05) is 18.0 Å². The minimum atomic E-state index is 0.781. The number of rotatable bonds is 5. The van der Waals surface area contributed by atoms with E-state index in [1.165, 1.54) is 5.56 Å².